The van der Waals surface area contributed by atoms with Gasteiger partial charge in [0.25, 0.3) is 0 Å². The van der Waals surface area contributed by atoms with Crippen molar-refractivity contribution >= 4 is 0 Å². The molecule has 1 radical (unpaired) electrons. The minimum atomic E-state index is -0.433. The van der Waals surface area contributed by atoms with Crippen molar-refractivity contribution in [1.82, 2.24) is 0 Å². The SMILES string of the molecule is Cc1[c]ccc(C2(N)CC2)c1CF. The molecule has 2 heteroatoms. The summed E-state index contributed by atoms with van der Waals surface area (Å²) >= 11 is 0. The molecular weight excluding hydrogens is 165 g/mol. The van der Waals surface area contributed by atoms with E-state index in [4.69, 9.17) is 5.73 Å². The fraction of sp³-hybridized carbons (Fsp3) is 0.455. The molecule has 2 rings (SSSR count). The molecule has 1 aromatic carbocycles. The second-order valence-corrected chi connectivity index (χ2v) is 3.78. The van der Waals surface area contributed by atoms with Crippen LogP contribution in [0.1, 0.15) is 29.5 Å². The lowest BCUT2D eigenvalue weighted by Gasteiger charge is -2.14. The van der Waals surface area contributed by atoms with Crippen molar-refractivity contribution in [3.63, 3.8) is 0 Å². The standard InChI is InChI=1S/C11H13FN/c1-8-3-2-4-10(9(8)7-12)11(13)5-6-11/h2,4H,5-7,13H2,1H3. The first-order valence-electron chi connectivity index (χ1n) is 4.53. The van der Waals surface area contributed by atoms with Gasteiger partial charge in [-0.3, -0.25) is 0 Å². The van der Waals surface area contributed by atoms with Gasteiger partial charge in [0.15, 0.2) is 0 Å². The monoisotopic (exact) mass is 178 g/mol. The average Bonchev–Trinajstić information content (AvgIpc) is 2.85. The molecule has 1 nitrogen and oxygen atoms in total. The molecule has 1 fully saturated rings. The van der Waals surface area contributed by atoms with Gasteiger partial charge in [-0.15, -0.1) is 0 Å². The van der Waals surface area contributed by atoms with Gasteiger partial charge in [-0.2, -0.15) is 0 Å². The molecule has 0 aliphatic heterocycles. The van der Waals surface area contributed by atoms with E-state index in [2.05, 4.69) is 6.07 Å². The summed E-state index contributed by atoms with van der Waals surface area (Å²) < 4.78 is 12.7. The molecule has 0 heterocycles. The van der Waals surface area contributed by atoms with Crippen LogP contribution < -0.4 is 5.73 Å². The van der Waals surface area contributed by atoms with Crippen LogP contribution in [0.3, 0.4) is 0 Å². The van der Waals surface area contributed by atoms with Gasteiger partial charge in [-0.05, 0) is 42.5 Å². The first-order chi connectivity index (χ1) is 6.17. The van der Waals surface area contributed by atoms with Crippen LogP contribution in [0.15, 0.2) is 12.1 Å². The second-order valence-electron chi connectivity index (χ2n) is 3.78. The van der Waals surface area contributed by atoms with Crippen molar-refractivity contribution in [2.24, 2.45) is 5.73 Å². The summed E-state index contributed by atoms with van der Waals surface area (Å²) in [6.45, 7) is 1.45. The molecule has 0 aromatic heterocycles. The summed E-state index contributed by atoms with van der Waals surface area (Å²) in [5, 5.41) is 0. The number of rotatable bonds is 2. The molecule has 1 saturated carbocycles. The highest BCUT2D eigenvalue weighted by molar-refractivity contribution is 5.40. The van der Waals surface area contributed by atoms with Crippen molar-refractivity contribution in [3.05, 3.63) is 34.9 Å². The lowest BCUT2D eigenvalue weighted by atomic mass is 9.96. The molecule has 0 saturated heterocycles. The van der Waals surface area contributed by atoms with Gasteiger partial charge in [-0.1, -0.05) is 12.1 Å². The maximum atomic E-state index is 12.7. The minimum Gasteiger partial charge on any atom is -0.321 e. The Kier molecular flexibility index (Phi) is 1.88. The predicted octanol–water partition coefficient (Wildman–Crippen LogP) is 2.21. The zero-order valence-electron chi connectivity index (χ0n) is 7.73. The highest BCUT2D eigenvalue weighted by atomic mass is 19.1. The van der Waals surface area contributed by atoms with Gasteiger partial charge < -0.3 is 5.73 Å². The maximum Gasteiger partial charge on any atom is 0.115 e. The maximum absolute atomic E-state index is 12.7. The van der Waals surface area contributed by atoms with Crippen molar-refractivity contribution in [1.29, 1.82) is 0 Å². The Morgan fingerprint density at radius 2 is 2.31 bits per heavy atom. The number of alkyl halides is 1. The lowest BCUT2D eigenvalue weighted by Crippen LogP contribution is -2.20. The molecule has 1 aromatic rings. The van der Waals surface area contributed by atoms with Crippen LogP contribution in [0, 0.1) is 13.0 Å². The Morgan fingerprint density at radius 3 is 2.85 bits per heavy atom. The summed E-state index contributed by atoms with van der Waals surface area (Å²) in [4.78, 5) is 0. The van der Waals surface area contributed by atoms with Crippen LogP contribution in [0.2, 0.25) is 0 Å². The Morgan fingerprint density at radius 1 is 1.62 bits per heavy atom. The number of nitrogens with two attached hydrogens (primary N) is 1. The van der Waals surface area contributed by atoms with E-state index in [0.717, 1.165) is 29.5 Å². The normalized spacial score (nSPS) is 18.7. The van der Waals surface area contributed by atoms with Crippen LogP contribution in [0.4, 0.5) is 4.39 Å². The number of aryl methyl sites for hydroxylation is 1. The van der Waals surface area contributed by atoms with Crippen molar-refractivity contribution in [3.8, 4) is 0 Å². The van der Waals surface area contributed by atoms with Crippen LogP contribution in [-0.4, -0.2) is 0 Å². The first kappa shape index (κ1) is 8.70. The molecule has 69 valence electrons. The van der Waals surface area contributed by atoms with Crippen molar-refractivity contribution in [2.45, 2.75) is 32.0 Å². The minimum absolute atomic E-state index is 0.235. The summed E-state index contributed by atoms with van der Waals surface area (Å²) in [5.74, 6) is 0. The number of hydrogen-bond donors (Lipinski definition) is 1. The van der Waals surface area contributed by atoms with E-state index in [1.54, 1.807) is 0 Å². The van der Waals surface area contributed by atoms with Gasteiger partial charge in [-0.25, -0.2) is 4.39 Å². The fourth-order valence-corrected chi connectivity index (χ4v) is 1.68. The molecule has 0 unspecified atom stereocenters. The average molecular weight is 178 g/mol. The molecule has 13 heavy (non-hydrogen) atoms. The van der Waals surface area contributed by atoms with Crippen LogP contribution >= 0.6 is 0 Å². The van der Waals surface area contributed by atoms with Gasteiger partial charge >= 0.3 is 0 Å². The highest BCUT2D eigenvalue weighted by Crippen LogP contribution is 2.44. The molecule has 0 bridgehead atoms. The van der Waals surface area contributed by atoms with E-state index in [-0.39, 0.29) is 5.54 Å². The largest absolute Gasteiger partial charge is 0.321 e. The molecule has 0 amide bonds. The van der Waals surface area contributed by atoms with Gasteiger partial charge in [0, 0.05) is 5.54 Å². The quantitative estimate of drug-likeness (QED) is 0.738. The third kappa shape index (κ3) is 1.35. The van der Waals surface area contributed by atoms with E-state index in [1.165, 1.54) is 0 Å². The summed E-state index contributed by atoms with van der Waals surface area (Å²) in [5.41, 5.74) is 8.40. The summed E-state index contributed by atoms with van der Waals surface area (Å²) in [7, 11) is 0. The zero-order valence-corrected chi connectivity index (χ0v) is 7.73. The zero-order chi connectivity index (χ0) is 9.47. The summed E-state index contributed by atoms with van der Waals surface area (Å²) in [6.07, 6.45) is 1.95. The molecule has 0 atom stereocenters. The smallest absolute Gasteiger partial charge is 0.115 e. The van der Waals surface area contributed by atoms with E-state index in [1.807, 2.05) is 19.1 Å². The topological polar surface area (TPSA) is 26.0 Å². The Labute approximate surface area is 77.8 Å². The Bertz CT molecular complexity index is 329. The Balaban J connectivity index is 2.50. The lowest BCUT2D eigenvalue weighted by molar-refractivity contribution is 0.476. The number of halogens is 1. The number of hydrogen-bond acceptors (Lipinski definition) is 1. The third-order valence-corrected chi connectivity index (χ3v) is 2.79. The fourth-order valence-electron chi connectivity index (χ4n) is 1.68. The Hall–Kier alpha value is -0.890. The van der Waals surface area contributed by atoms with E-state index in [9.17, 15) is 4.39 Å². The van der Waals surface area contributed by atoms with E-state index >= 15 is 0 Å². The number of benzene rings is 1. The van der Waals surface area contributed by atoms with Crippen LogP contribution in [-0.2, 0) is 12.2 Å². The first-order valence-corrected chi connectivity index (χ1v) is 4.53. The molecule has 1 aliphatic carbocycles. The molecular formula is C11H13FN. The molecule has 1 aliphatic rings. The van der Waals surface area contributed by atoms with Crippen molar-refractivity contribution in [2.75, 3.05) is 0 Å². The molecule has 0 spiro atoms. The van der Waals surface area contributed by atoms with Gasteiger partial charge in [0.05, 0.1) is 0 Å². The van der Waals surface area contributed by atoms with E-state index < -0.39 is 6.67 Å². The van der Waals surface area contributed by atoms with Gasteiger partial charge in [0.2, 0.25) is 0 Å². The third-order valence-electron chi connectivity index (χ3n) is 2.79. The predicted molar refractivity (Wildman–Crippen MR) is 49.9 cm³/mol. The molecule has 2 N–H and O–H groups in total. The second kappa shape index (κ2) is 2.81. The van der Waals surface area contributed by atoms with Crippen LogP contribution in [0.5, 0.6) is 0 Å². The van der Waals surface area contributed by atoms with E-state index in [0.29, 0.717) is 0 Å². The van der Waals surface area contributed by atoms with Crippen LogP contribution in [0.25, 0.3) is 0 Å². The summed E-state index contributed by atoms with van der Waals surface area (Å²) in [6, 6.07) is 6.72. The van der Waals surface area contributed by atoms with Gasteiger partial charge in [0.1, 0.15) is 6.67 Å². The highest BCUT2D eigenvalue weighted by Gasteiger charge is 2.41. The van der Waals surface area contributed by atoms with Crippen molar-refractivity contribution < 1.29 is 4.39 Å².